The van der Waals surface area contributed by atoms with Gasteiger partial charge in [0.25, 0.3) is 0 Å². The molecule has 0 heterocycles. The summed E-state index contributed by atoms with van der Waals surface area (Å²) in [5.74, 6) is -0.782. The number of halogens is 3. The number of hydrogen-bond acceptors (Lipinski definition) is 2. The Labute approximate surface area is 135 Å². The van der Waals surface area contributed by atoms with Crippen LogP contribution in [0.3, 0.4) is 0 Å². The highest BCUT2D eigenvalue weighted by Crippen LogP contribution is 2.24. The second-order valence-electron chi connectivity index (χ2n) is 4.47. The van der Waals surface area contributed by atoms with Crippen LogP contribution in [0.15, 0.2) is 40.9 Å². The fourth-order valence-corrected chi connectivity index (χ4v) is 2.61. The van der Waals surface area contributed by atoms with Gasteiger partial charge in [0.15, 0.2) is 0 Å². The summed E-state index contributed by atoms with van der Waals surface area (Å²) in [6.45, 7) is 1.88. The van der Waals surface area contributed by atoms with Crippen molar-refractivity contribution in [1.82, 2.24) is 0 Å². The fourth-order valence-electron chi connectivity index (χ4n) is 1.78. The Kier molecular flexibility index (Phi) is 5.20. The average molecular weight is 372 g/mol. The molecular formula is C15H13BrClFN2O. The molecule has 2 rings (SSSR count). The predicted octanol–water partition coefficient (Wildman–Crippen LogP) is 4.81. The molecule has 0 aliphatic heterocycles. The van der Waals surface area contributed by atoms with Crippen LogP contribution in [0.25, 0.3) is 0 Å². The average Bonchev–Trinajstić information content (AvgIpc) is 2.40. The largest absolute Gasteiger partial charge is 0.381 e. The highest BCUT2D eigenvalue weighted by Gasteiger charge is 2.06. The van der Waals surface area contributed by atoms with Crippen molar-refractivity contribution in [2.24, 2.45) is 0 Å². The normalized spacial score (nSPS) is 10.3. The van der Waals surface area contributed by atoms with Gasteiger partial charge in [0, 0.05) is 28.7 Å². The maximum absolute atomic E-state index is 13.5. The molecule has 0 saturated heterocycles. The minimum Gasteiger partial charge on any atom is -0.381 e. The minimum atomic E-state index is -0.469. The highest BCUT2D eigenvalue weighted by atomic mass is 79.9. The number of benzene rings is 2. The van der Waals surface area contributed by atoms with E-state index < -0.39 is 5.82 Å². The summed E-state index contributed by atoms with van der Waals surface area (Å²) in [5.41, 5.74) is 1.88. The van der Waals surface area contributed by atoms with Gasteiger partial charge in [-0.05, 0) is 35.9 Å². The third-order valence-corrected chi connectivity index (χ3v) is 3.75. The topological polar surface area (TPSA) is 41.1 Å². The molecule has 0 radical (unpaired) electrons. The van der Waals surface area contributed by atoms with Gasteiger partial charge in [-0.2, -0.15) is 0 Å². The lowest BCUT2D eigenvalue weighted by Crippen LogP contribution is -2.08. The molecule has 0 spiro atoms. The first-order chi connectivity index (χ1) is 9.95. The molecule has 1 amide bonds. The zero-order chi connectivity index (χ0) is 15.4. The van der Waals surface area contributed by atoms with Crippen LogP contribution in [0.1, 0.15) is 12.5 Å². The second-order valence-corrected chi connectivity index (χ2v) is 5.76. The summed E-state index contributed by atoms with van der Waals surface area (Å²) in [6.07, 6.45) is 0. The molecule has 0 bridgehead atoms. The molecule has 21 heavy (non-hydrogen) atoms. The van der Waals surface area contributed by atoms with Crippen LogP contribution >= 0.6 is 27.5 Å². The Bertz CT molecular complexity index is 679. The van der Waals surface area contributed by atoms with Gasteiger partial charge < -0.3 is 10.6 Å². The third kappa shape index (κ3) is 4.44. The van der Waals surface area contributed by atoms with Crippen LogP contribution < -0.4 is 10.6 Å². The van der Waals surface area contributed by atoms with Crippen molar-refractivity contribution in [2.45, 2.75) is 13.5 Å². The Hall–Kier alpha value is -1.59. The summed E-state index contributed by atoms with van der Waals surface area (Å²) in [6, 6.07) is 10.00. The van der Waals surface area contributed by atoms with E-state index in [0.717, 1.165) is 10.0 Å². The van der Waals surface area contributed by atoms with E-state index >= 15 is 0 Å². The van der Waals surface area contributed by atoms with E-state index in [4.69, 9.17) is 11.6 Å². The lowest BCUT2D eigenvalue weighted by molar-refractivity contribution is -0.114. The molecule has 0 atom stereocenters. The number of carbonyl (C=O) groups excluding carboxylic acids is 1. The number of hydrogen-bond donors (Lipinski definition) is 2. The van der Waals surface area contributed by atoms with Crippen LogP contribution in [-0.2, 0) is 11.3 Å². The zero-order valence-corrected chi connectivity index (χ0v) is 13.6. The van der Waals surface area contributed by atoms with Gasteiger partial charge in [0.2, 0.25) is 5.91 Å². The van der Waals surface area contributed by atoms with Crippen LogP contribution in [0.4, 0.5) is 15.8 Å². The van der Waals surface area contributed by atoms with Gasteiger partial charge in [-0.15, -0.1) is 0 Å². The number of rotatable bonds is 4. The summed E-state index contributed by atoms with van der Waals surface area (Å²) in [5, 5.41) is 6.27. The van der Waals surface area contributed by atoms with E-state index in [1.165, 1.54) is 13.0 Å². The van der Waals surface area contributed by atoms with Crippen molar-refractivity contribution < 1.29 is 9.18 Å². The van der Waals surface area contributed by atoms with Gasteiger partial charge in [0.1, 0.15) is 5.82 Å². The fraction of sp³-hybridized carbons (Fsp3) is 0.133. The van der Waals surface area contributed by atoms with E-state index in [1.54, 1.807) is 18.2 Å². The summed E-state index contributed by atoms with van der Waals surface area (Å²) in [7, 11) is 0. The Morgan fingerprint density at radius 1 is 1.29 bits per heavy atom. The van der Waals surface area contributed by atoms with E-state index in [9.17, 15) is 9.18 Å². The Morgan fingerprint density at radius 3 is 2.71 bits per heavy atom. The van der Waals surface area contributed by atoms with Crippen molar-refractivity contribution in [1.29, 1.82) is 0 Å². The summed E-state index contributed by atoms with van der Waals surface area (Å²) >= 11 is 9.33. The lowest BCUT2D eigenvalue weighted by Gasteiger charge is -2.11. The number of amides is 1. The third-order valence-electron chi connectivity index (χ3n) is 2.78. The van der Waals surface area contributed by atoms with Crippen LogP contribution in [0.2, 0.25) is 5.02 Å². The molecule has 0 aliphatic rings. The molecule has 3 nitrogen and oxygen atoms in total. The maximum atomic E-state index is 13.5. The quantitative estimate of drug-likeness (QED) is 0.809. The molecule has 2 aromatic carbocycles. The molecule has 110 valence electrons. The van der Waals surface area contributed by atoms with Gasteiger partial charge >= 0.3 is 0 Å². The lowest BCUT2D eigenvalue weighted by atomic mass is 10.2. The number of carbonyl (C=O) groups is 1. The molecule has 0 aromatic heterocycles. The minimum absolute atomic E-state index is 0.155. The molecule has 0 saturated carbocycles. The standard InChI is InChI=1S/C15H13BrClFN2O/c1-9(21)20-15-7-12(4-5-14(15)18)19-8-10-2-3-11(17)6-13(10)16/h2-7,19H,8H2,1H3,(H,20,21). The van der Waals surface area contributed by atoms with Crippen LogP contribution in [0.5, 0.6) is 0 Å². The van der Waals surface area contributed by atoms with Crippen molar-refractivity contribution in [2.75, 3.05) is 10.6 Å². The first kappa shape index (κ1) is 15.8. The Morgan fingerprint density at radius 2 is 2.05 bits per heavy atom. The summed E-state index contributed by atoms with van der Waals surface area (Å²) < 4.78 is 14.4. The molecule has 2 N–H and O–H groups in total. The molecule has 0 aliphatic carbocycles. The molecular weight excluding hydrogens is 359 g/mol. The first-order valence-corrected chi connectivity index (χ1v) is 7.38. The van der Waals surface area contributed by atoms with E-state index in [1.807, 2.05) is 12.1 Å². The molecule has 6 heteroatoms. The maximum Gasteiger partial charge on any atom is 0.221 e. The molecule has 0 unspecified atom stereocenters. The van der Waals surface area contributed by atoms with Crippen molar-refractivity contribution in [3.63, 3.8) is 0 Å². The smallest absolute Gasteiger partial charge is 0.221 e. The van der Waals surface area contributed by atoms with Gasteiger partial charge in [-0.1, -0.05) is 33.6 Å². The monoisotopic (exact) mass is 370 g/mol. The van der Waals surface area contributed by atoms with Gasteiger partial charge in [-0.25, -0.2) is 4.39 Å². The van der Waals surface area contributed by atoms with E-state index in [0.29, 0.717) is 17.3 Å². The summed E-state index contributed by atoms with van der Waals surface area (Å²) in [4.78, 5) is 11.0. The predicted molar refractivity (Wildman–Crippen MR) is 87.2 cm³/mol. The highest BCUT2D eigenvalue weighted by molar-refractivity contribution is 9.10. The van der Waals surface area contributed by atoms with Crippen LogP contribution in [-0.4, -0.2) is 5.91 Å². The zero-order valence-electron chi connectivity index (χ0n) is 11.2. The van der Waals surface area contributed by atoms with Gasteiger partial charge in [0.05, 0.1) is 5.69 Å². The first-order valence-electron chi connectivity index (χ1n) is 6.20. The van der Waals surface area contributed by atoms with Gasteiger partial charge in [-0.3, -0.25) is 4.79 Å². The molecule has 0 fully saturated rings. The van der Waals surface area contributed by atoms with Crippen molar-refractivity contribution in [3.8, 4) is 0 Å². The van der Waals surface area contributed by atoms with Crippen LogP contribution in [0, 0.1) is 5.82 Å². The van der Waals surface area contributed by atoms with E-state index in [-0.39, 0.29) is 11.6 Å². The Balaban J connectivity index is 2.11. The van der Waals surface area contributed by atoms with Crippen molar-refractivity contribution in [3.05, 3.63) is 57.3 Å². The number of anilines is 2. The van der Waals surface area contributed by atoms with Crippen molar-refractivity contribution >= 4 is 44.8 Å². The number of nitrogens with one attached hydrogen (secondary N) is 2. The molecule has 2 aromatic rings. The van der Waals surface area contributed by atoms with E-state index in [2.05, 4.69) is 26.6 Å². The second kappa shape index (κ2) is 6.91. The SMILES string of the molecule is CC(=O)Nc1cc(NCc2ccc(Cl)cc2Br)ccc1F.